The standard InChI is InChI=1S/C16H20N2O6/c1-18(2)15(20)9-17-14(19)10-24-16(21)8-11-3-4-12-13(7-11)23-6-5-22-12/h3-4,7H,5-6,8-10H2,1-2H3,(H,17,19). The first kappa shape index (κ1) is 17.6. The van der Waals surface area contributed by atoms with Crippen LogP contribution in [0.15, 0.2) is 18.2 Å². The van der Waals surface area contributed by atoms with Crippen LogP contribution in [-0.2, 0) is 25.5 Å². The van der Waals surface area contributed by atoms with E-state index in [4.69, 9.17) is 14.2 Å². The molecule has 1 aromatic rings. The van der Waals surface area contributed by atoms with Gasteiger partial charge in [-0.05, 0) is 17.7 Å². The van der Waals surface area contributed by atoms with E-state index < -0.39 is 18.5 Å². The average molecular weight is 336 g/mol. The number of hydrogen-bond donors (Lipinski definition) is 1. The second-order valence-corrected chi connectivity index (χ2v) is 5.38. The number of esters is 1. The molecule has 0 saturated heterocycles. The van der Waals surface area contributed by atoms with Gasteiger partial charge in [0.1, 0.15) is 13.2 Å². The molecule has 1 aliphatic heterocycles. The smallest absolute Gasteiger partial charge is 0.310 e. The molecule has 24 heavy (non-hydrogen) atoms. The first-order chi connectivity index (χ1) is 11.5. The summed E-state index contributed by atoms with van der Waals surface area (Å²) >= 11 is 0. The predicted molar refractivity (Wildman–Crippen MR) is 83.8 cm³/mol. The molecular weight excluding hydrogens is 316 g/mol. The van der Waals surface area contributed by atoms with Gasteiger partial charge in [-0.25, -0.2) is 0 Å². The van der Waals surface area contributed by atoms with E-state index in [-0.39, 0.29) is 18.9 Å². The number of carbonyl (C=O) groups is 3. The highest BCUT2D eigenvalue weighted by molar-refractivity contribution is 5.86. The largest absolute Gasteiger partial charge is 0.486 e. The fourth-order valence-corrected chi connectivity index (χ4v) is 1.94. The van der Waals surface area contributed by atoms with Crippen molar-refractivity contribution >= 4 is 17.8 Å². The number of likely N-dealkylation sites (N-methyl/N-ethyl adjacent to an activating group) is 1. The Kier molecular flexibility index (Phi) is 6.00. The van der Waals surface area contributed by atoms with Crippen molar-refractivity contribution in [2.24, 2.45) is 0 Å². The van der Waals surface area contributed by atoms with Crippen molar-refractivity contribution in [1.82, 2.24) is 10.2 Å². The minimum atomic E-state index is -0.541. The van der Waals surface area contributed by atoms with Crippen LogP contribution in [0.5, 0.6) is 11.5 Å². The van der Waals surface area contributed by atoms with Gasteiger partial charge in [0.05, 0.1) is 13.0 Å². The Morgan fingerprint density at radius 1 is 1.17 bits per heavy atom. The lowest BCUT2D eigenvalue weighted by Crippen LogP contribution is -2.38. The van der Waals surface area contributed by atoms with E-state index in [1.54, 1.807) is 32.3 Å². The average Bonchev–Trinajstić information content (AvgIpc) is 2.57. The molecule has 0 unspecified atom stereocenters. The third kappa shape index (κ3) is 5.15. The number of nitrogens with one attached hydrogen (secondary N) is 1. The summed E-state index contributed by atoms with van der Waals surface area (Å²) in [5.41, 5.74) is 0.701. The molecule has 2 rings (SSSR count). The number of hydrogen-bond acceptors (Lipinski definition) is 6. The summed E-state index contributed by atoms with van der Waals surface area (Å²) in [6.07, 6.45) is 0.0144. The normalized spacial score (nSPS) is 12.2. The number of ether oxygens (including phenoxy) is 3. The molecule has 0 aliphatic carbocycles. The molecule has 1 aliphatic rings. The Balaban J connectivity index is 1.75. The highest BCUT2D eigenvalue weighted by Gasteiger charge is 2.14. The van der Waals surface area contributed by atoms with E-state index in [1.807, 2.05) is 0 Å². The summed E-state index contributed by atoms with van der Waals surface area (Å²) < 4.78 is 15.7. The van der Waals surface area contributed by atoms with Crippen molar-refractivity contribution < 1.29 is 28.6 Å². The lowest BCUT2D eigenvalue weighted by molar-refractivity contribution is -0.148. The van der Waals surface area contributed by atoms with Gasteiger partial charge in [0, 0.05) is 14.1 Å². The van der Waals surface area contributed by atoms with Gasteiger partial charge >= 0.3 is 5.97 Å². The third-order valence-electron chi connectivity index (χ3n) is 3.25. The van der Waals surface area contributed by atoms with Gasteiger partial charge in [0.15, 0.2) is 18.1 Å². The zero-order chi connectivity index (χ0) is 17.5. The van der Waals surface area contributed by atoms with Crippen LogP contribution in [-0.4, -0.2) is 63.1 Å². The van der Waals surface area contributed by atoms with Crippen LogP contribution < -0.4 is 14.8 Å². The zero-order valence-electron chi connectivity index (χ0n) is 13.7. The Hall–Kier alpha value is -2.77. The molecule has 1 N–H and O–H groups in total. The molecule has 0 fully saturated rings. The van der Waals surface area contributed by atoms with E-state index in [0.717, 1.165) is 0 Å². The van der Waals surface area contributed by atoms with E-state index in [2.05, 4.69) is 5.32 Å². The van der Waals surface area contributed by atoms with Crippen LogP contribution in [0.2, 0.25) is 0 Å². The monoisotopic (exact) mass is 336 g/mol. The van der Waals surface area contributed by atoms with Gasteiger partial charge in [-0.2, -0.15) is 0 Å². The molecule has 8 nitrogen and oxygen atoms in total. The maximum atomic E-state index is 11.8. The highest BCUT2D eigenvalue weighted by Crippen LogP contribution is 2.30. The van der Waals surface area contributed by atoms with Crippen LogP contribution in [0.1, 0.15) is 5.56 Å². The predicted octanol–water partition coefficient (Wildman–Crippen LogP) is -0.252. The van der Waals surface area contributed by atoms with Gasteiger partial charge in [0.25, 0.3) is 5.91 Å². The summed E-state index contributed by atoms with van der Waals surface area (Å²) in [7, 11) is 3.17. The molecule has 2 amide bonds. The molecule has 0 spiro atoms. The fourth-order valence-electron chi connectivity index (χ4n) is 1.94. The molecule has 1 aromatic carbocycles. The van der Waals surface area contributed by atoms with Gasteiger partial charge in [0.2, 0.25) is 5.91 Å². The van der Waals surface area contributed by atoms with Crippen molar-refractivity contribution in [2.45, 2.75) is 6.42 Å². The van der Waals surface area contributed by atoms with Gasteiger partial charge < -0.3 is 24.4 Å². The van der Waals surface area contributed by atoms with Crippen LogP contribution >= 0.6 is 0 Å². The number of nitrogens with zero attached hydrogens (tertiary/aromatic N) is 1. The molecule has 0 aromatic heterocycles. The van der Waals surface area contributed by atoms with E-state index in [0.29, 0.717) is 30.3 Å². The molecule has 1 heterocycles. The van der Waals surface area contributed by atoms with Gasteiger partial charge in [-0.1, -0.05) is 6.07 Å². The maximum absolute atomic E-state index is 11.8. The van der Waals surface area contributed by atoms with E-state index >= 15 is 0 Å². The SMILES string of the molecule is CN(C)C(=O)CNC(=O)COC(=O)Cc1ccc2c(c1)OCCO2. The van der Waals surface area contributed by atoms with Crippen LogP contribution in [0, 0.1) is 0 Å². The number of fused-ring (bicyclic) bond motifs is 1. The topological polar surface area (TPSA) is 94.2 Å². The molecular formula is C16H20N2O6. The van der Waals surface area contributed by atoms with Crippen molar-refractivity contribution in [2.75, 3.05) is 40.5 Å². The molecule has 0 atom stereocenters. The molecule has 130 valence electrons. The van der Waals surface area contributed by atoms with Crippen molar-refractivity contribution in [1.29, 1.82) is 0 Å². The summed E-state index contributed by atoms with van der Waals surface area (Å²) in [5.74, 6) is -0.0813. The maximum Gasteiger partial charge on any atom is 0.310 e. The summed E-state index contributed by atoms with van der Waals surface area (Å²) in [4.78, 5) is 36.0. The zero-order valence-corrected chi connectivity index (χ0v) is 13.7. The van der Waals surface area contributed by atoms with E-state index in [9.17, 15) is 14.4 Å². The van der Waals surface area contributed by atoms with Crippen LogP contribution in [0.4, 0.5) is 0 Å². The van der Waals surface area contributed by atoms with Crippen molar-refractivity contribution in [3.05, 3.63) is 23.8 Å². The summed E-state index contributed by atoms with van der Waals surface area (Å²) in [5, 5.41) is 2.38. The quantitative estimate of drug-likeness (QED) is 0.720. The van der Waals surface area contributed by atoms with Crippen LogP contribution in [0.25, 0.3) is 0 Å². The Labute approximate surface area is 139 Å². The first-order valence-corrected chi connectivity index (χ1v) is 7.46. The Morgan fingerprint density at radius 2 is 1.88 bits per heavy atom. The molecule has 8 heteroatoms. The first-order valence-electron chi connectivity index (χ1n) is 7.46. The minimum absolute atomic E-state index is 0.0144. The molecule has 0 radical (unpaired) electrons. The number of amides is 2. The molecule has 0 saturated carbocycles. The second kappa shape index (κ2) is 8.19. The Morgan fingerprint density at radius 3 is 2.58 bits per heavy atom. The van der Waals surface area contributed by atoms with Crippen molar-refractivity contribution in [3.63, 3.8) is 0 Å². The van der Waals surface area contributed by atoms with Crippen LogP contribution in [0.3, 0.4) is 0 Å². The minimum Gasteiger partial charge on any atom is -0.486 e. The number of rotatable bonds is 6. The highest BCUT2D eigenvalue weighted by atomic mass is 16.6. The molecule has 0 bridgehead atoms. The van der Waals surface area contributed by atoms with Gasteiger partial charge in [-0.3, -0.25) is 14.4 Å². The number of carbonyl (C=O) groups excluding carboxylic acids is 3. The summed E-state index contributed by atoms with van der Waals surface area (Å²) in [6.45, 7) is 0.405. The lowest BCUT2D eigenvalue weighted by Gasteiger charge is -2.18. The second-order valence-electron chi connectivity index (χ2n) is 5.38. The lowest BCUT2D eigenvalue weighted by atomic mass is 10.1. The van der Waals surface area contributed by atoms with Crippen molar-refractivity contribution in [3.8, 4) is 11.5 Å². The summed E-state index contributed by atoms with van der Waals surface area (Å²) in [6, 6.07) is 5.19. The van der Waals surface area contributed by atoms with Gasteiger partial charge in [-0.15, -0.1) is 0 Å². The van der Waals surface area contributed by atoms with E-state index in [1.165, 1.54) is 4.90 Å². The third-order valence-corrected chi connectivity index (χ3v) is 3.25. The fraction of sp³-hybridized carbons (Fsp3) is 0.438. The Bertz CT molecular complexity index is 629. The number of benzene rings is 1.